The van der Waals surface area contributed by atoms with Crippen LogP contribution in [0.2, 0.25) is 0 Å². The summed E-state index contributed by atoms with van der Waals surface area (Å²) in [4.78, 5) is 35.1. The maximum Gasteiger partial charge on any atom is 0.319 e. The average Bonchev–Trinajstić information content (AvgIpc) is 2.72. The minimum absolute atomic E-state index is 0.0915. The third kappa shape index (κ3) is 3.33. The number of carbonyl (C=O) groups is 3. The van der Waals surface area contributed by atoms with E-state index >= 15 is 0 Å². The van der Waals surface area contributed by atoms with Crippen molar-refractivity contribution in [3.63, 3.8) is 0 Å². The molecule has 19 heavy (non-hydrogen) atoms. The molecular formula is C14H22O5. The normalized spacial score (nSPS) is 24.2. The zero-order chi connectivity index (χ0) is 14.5. The average molecular weight is 270 g/mol. The molecule has 0 aromatic heterocycles. The van der Waals surface area contributed by atoms with E-state index in [0.717, 1.165) is 0 Å². The first-order chi connectivity index (χ1) is 8.97. The van der Waals surface area contributed by atoms with Crippen molar-refractivity contribution in [2.75, 3.05) is 6.61 Å². The SMILES string of the molecule is CCOC(=O)C1(CCC(CC)C(=O)O)CCCC1=O. The number of ether oxygens (including phenoxy) is 1. The van der Waals surface area contributed by atoms with Gasteiger partial charge in [0, 0.05) is 6.42 Å². The maximum absolute atomic E-state index is 12.1. The van der Waals surface area contributed by atoms with Crippen molar-refractivity contribution >= 4 is 17.7 Å². The molecule has 0 aliphatic heterocycles. The predicted octanol–water partition coefficient (Wildman–Crippen LogP) is 2.18. The van der Waals surface area contributed by atoms with Gasteiger partial charge >= 0.3 is 11.9 Å². The molecule has 2 atom stereocenters. The van der Waals surface area contributed by atoms with E-state index in [1.54, 1.807) is 13.8 Å². The van der Waals surface area contributed by atoms with Crippen molar-refractivity contribution in [2.45, 2.75) is 52.4 Å². The summed E-state index contributed by atoms with van der Waals surface area (Å²) in [5, 5.41) is 9.04. The lowest BCUT2D eigenvalue weighted by molar-refractivity contribution is -0.160. The fraction of sp³-hybridized carbons (Fsp3) is 0.786. The zero-order valence-electron chi connectivity index (χ0n) is 11.6. The van der Waals surface area contributed by atoms with Crippen molar-refractivity contribution in [3.8, 4) is 0 Å². The lowest BCUT2D eigenvalue weighted by Crippen LogP contribution is -2.37. The van der Waals surface area contributed by atoms with Crippen LogP contribution >= 0.6 is 0 Å². The Bertz CT molecular complexity index is 363. The number of carbonyl (C=O) groups excluding carboxylic acids is 2. The standard InChI is InChI=1S/C14H22O5/c1-3-10(12(16)17)7-9-14(13(18)19-4-2)8-5-6-11(14)15/h10H,3-9H2,1-2H3,(H,16,17). The second kappa shape index (κ2) is 6.68. The van der Waals surface area contributed by atoms with Crippen LogP contribution in [0.15, 0.2) is 0 Å². The fourth-order valence-electron chi connectivity index (χ4n) is 2.70. The Balaban J connectivity index is 2.79. The summed E-state index contributed by atoms with van der Waals surface area (Å²) in [6.07, 6.45) is 2.69. The summed E-state index contributed by atoms with van der Waals surface area (Å²) in [6.45, 7) is 3.74. The summed E-state index contributed by atoms with van der Waals surface area (Å²) in [5.74, 6) is -1.93. The predicted molar refractivity (Wildman–Crippen MR) is 68.6 cm³/mol. The molecule has 5 heteroatoms. The highest BCUT2D eigenvalue weighted by Gasteiger charge is 2.49. The van der Waals surface area contributed by atoms with Crippen molar-refractivity contribution in [2.24, 2.45) is 11.3 Å². The number of carboxylic acid groups (broad SMARTS) is 1. The first kappa shape index (κ1) is 15.7. The van der Waals surface area contributed by atoms with Gasteiger partial charge in [-0.15, -0.1) is 0 Å². The Morgan fingerprint density at radius 1 is 1.42 bits per heavy atom. The van der Waals surface area contributed by atoms with E-state index in [1.807, 2.05) is 0 Å². The number of ketones is 1. The summed E-state index contributed by atoms with van der Waals surface area (Å²) in [6, 6.07) is 0. The van der Waals surface area contributed by atoms with Crippen molar-refractivity contribution in [1.82, 2.24) is 0 Å². The molecule has 5 nitrogen and oxygen atoms in total. The largest absolute Gasteiger partial charge is 0.481 e. The highest BCUT2D eigenvalue weighted by molar-refractivity contribution is 6.05. The zero-order valence-corrected chi connectivity index (χ0v) is 11.6. The van der Waals surface area contributed by atoms with Crippen molar-refractivity contribution in [1.29, 1.82) is 0 Å². The maximum atomic E-state index is 12.1. The van der Waals surface area contributed by atoms with Gasteiger partial charge in [0.25, 0.3) is 0 Å². The molecule has 0 aromatic rings. The Morgan fingerprint density at radius 3 is 2.53 bits per heavy atom. The molecule has 1 rings (SSSR count). The van der Waals surface area contributed by atoms with Gasteiger partial charge in [-0.2, -0.15) is 0 Å². The summed E-state index contributed by atoms with van der Waals surface area (Å²) in [5.41, 5.74) is -1.08. The molecule has 1 aliphatic carbocycles. The number of esters is 1. The molecule has 0 spiro atoms. The number of carboxylic acids is 1. The number of aliphatic carboxylic acids is 1. The molecule has 0 amide bonds. The van der Waals surface area contributed by atoms with Gasteiger partial charge in [-0.1, -0.05) is 6.92 Å². The van der Waals surface area contributed by atoms with E-state index in [0.29, 0.717) is 32.1 Å². The van der Waals surface area contributed by atoms with Crippen LogP contribution in [-0.2, 0) is 19.1 Å². The van der Waals surface area contributed by atoms with E-state index in [1.165, 1.54) is 0 Å². The molecule has 1 saturated carbocycles. The van der Waals surface area contributed by atoms with Gasteiger partial charge in [0.2, 0.25) is 0 Å². The van der Waals surface area contributed by atoms with E-state index < -0.39 is 23.3 Å². The van der Waals surface area contributed by atoms with Crippen LogP contribution in [0.5, 0.6) is 0 Å². The third-order valence-electron chi connectivity index (χ3n) is 3.97. The number of hydrogen-bond acceptors (Lipinski definition) is 4. The number of Topliss-reactive ketones (excluding diaryl/α,β-unsaturated/α-hetero) is 1. The van der Waals surface area contributed by atoms with Crippen LogP contribution in [0.25, 0.3) is 0 Å². The van der Waals surface area contributed by atoms with Gasteiger partial charge in [0.15, 0.2) is 0 Å². The van der Waals surface area contributed by atoms with Gasteiger partial charge in [-0.05, 0) is 39.0 Å². The first-order valence-corrected chi connectivity index (χ1v) is 6.91. The van der Waals surface area contributed by atoms with Crippen LogP contribution in [0, 0.1) is 11.3 Å². The van der Waals surface area contributed by atoms with Gasteiger partial charge in [0.1, 0.15) is 11.2 Å². The molecule has 0 heterocycles. The molecule has 108 valence electrons. The van der Waals surface area contributed by atoms with Crippen LogP contribution in [0.3, 0.4) is 0 Å². The molecule has 1 fully saturated rings. The van der Waals surface area contributed by atoms with Crippen molar-refractivity contribution < 1.29 is 24.2 Å². The lowest BCUT2D eigenvalue weighted by Gasteiger charge is -2.26. The molecule has 0 aromatic carbocycles. The summed E-state index contributed by atoms with van der Waals surface area (Å²) >= 11 is 0. The first-order valence-electron chi connectivity index (χ1n) is 6.91. The minimum Gasteiger partial charge on any atom is -0.481 e. The Kier molecular flexibility index (Phi) is 5.51. The topological polar surface area (TPSA) is 80.7 Å². The second-order valence-corrected chi connectivity index (χ2v) is 5.06. The Morgan fingerprint density at radius 2 is 2.11 bits per heavy atom. The number of rotatable bonds is 7. The van der Waals surface area contributed by atoms with Crippen LogP contribution in [0.1, 0.15) is 52.4 Å². The van der Waals surface area contributed by atoms with E-state index in [-0.39, 0.29) is 18.8 Å². The molecule has 1 aliphatic rings. The fourth-order valence-corrected chi connectivity index (χ4v) is 2.70. The highest BCUT2D eigenvalue weighted by atomic mass is 16.5. The Hall–Kier alpha value is -1.39. The summed E-state index contributed by atoms with van der Waals surface area (Å²) in [7, 11) is 0. The number of hydrogen-bond donors (Lipinski definition) is 1. The van der Waals surface area contributed by atoms with Gasteiger partial charge in [0.05, 0.1) is 12.5 Å². The third-order valence-corrected chi connectivity index (χ3v) is 3.97. The van der Waals surface area contributed by atoms with Gasteiger partial charge in [-0.25, -0.2) is 0 Å². The quantitative estimate of drug-likeness (QED) is 0.566. The molecule has 0 bridgehead atoms. The smallest absolute Gasteiger partial charge is 0.319 e. The van der Waals surface area contributed by atoms with Crippen LogP contribution < -0.4 is 0 Å². The van der Waals surface area contributed by atoms with Gasteiger partial charge < -0.3 is 9.84 Å². The van der Waals surface area contributed by atoms with Crippen molar-refractivity contribution in [3.05, 3.63) is 0 Å². The molecule has 0 radical (unpaired) electrons. The molecule has 2 unspecified atom stereocenters. The molecular weight excluding hydrogens is 248 g/mol. The second-order valence-electron chi connectivity index (χ2n) is 5.06. The highest BCUT2D eigenvalue weighted by Crippen LogP contribution is 2.41. The Labute approximate surface area is 113 Å². The summed E-state index contributed by atoms with van der Waals surface area (Å²) < 4.78 is 5.02. The lowest BCUT2D eigenvalue weighted by atomic mass is 9.78. The molecule has 0 saturated heterocycles. The van der Waals surface area contributed by atoms with Crippen LogP contribution in [-0.4, -0.2) is 29.4 Å². The minimum atomic E-state index is -1.08. The molecule has 1 N–H and O–H groups in total. The van der Waals surface area contributed by atoms with E-state index in [9.17, 15) is 14.4 Å². The van der Waals surface area contributed by atoms with Crippen LogP contribution in [0.4, 0.5) is 0 Å². The van der Waals surface area contributed by atoms with Gasteiger partial charge in [-0.3, -0.25) is 14.4 Å². The van der Waals surface area contributed by atoms with E-state index in [4.69, 9.17) is 9.84 Å². The van der Waals surface area contributed by atoms with E-state index in [2.05, 4.69) is 0 Å². The monoisotopic (exact) mass is 270 g/mol.